The molecule has 7 heteroatoms. The van der Waals surface area contributed by atoms with Crippen LogP contribution < -0.4 is 11.1 Å². The number of thiazole rings is 1. The number of nitrogens with two attached hydrogens (primary N) is 1. The van der Waals surface area contributed by atoms with E-state index in [0.29, 0.717) is 12.5 Å². The molecular formula is C16H21N5OS. The van der Waals surface area contributed by atoms with Gasteiger partial charge in [0.1, 0.15) is 5.82 Å². The zero-order chi connectivity index (χ0) is 16.2. The summed E-state index contributed by atoms with van der Waals surface area (Å²) in [6, 6.07) is 3.97. The number of carbonyl (C=O) groups excluding carboxylic acids is 1. The topological polar surface area (TPSA) is 84.1 Å². The number of nitrogens with one attached hydrogen (secondary N) is 1. The van der Waals surface area contributed by atoms with Crippen molar-refractivity contribution in [3.8, 4) is 0 Å². The minimum Gasteiger partial charge on any atom is -0.369 e. The predicted octanol–water partition coefficient (Wildman–Crippen LogP) is 2.25. The number of nitrogens with zero attached hydrogens (tertiary/aromatic N) is 3. The number of carbonyl (C=O) groups is 1. The van der Waals surface area contributed by atoms with Gasteiger partial charge in [0.15, 0.2) is 5.13 Å². The number of hydrogen-bond donors (Lipinski definition) is 2. The molecule has 2 aromatic heterocycles. The van der Waals surface area contributed by atoms with Crippen LogP contribution in [0.3, 0.4) is 0 Å². The number of aryl methyl sites for hydroxylation is 1. The van der Waals surface area contributed by atoms with Crippen molar-refractivity contribution in [3.05, 3.63) is 35.0 Å². The maximum atomic E-state index is 11.1. The fraction of sp³-hybridized carbons (Fsp3) is 0.438. The molecule has 2 aromatic rings. The fourth-order valence-corrected chi connectivity index (χ4v) is 3.64. The van der Waals surface area contributed by atoms with Gasteiger partial charge in [-0.25, -0.2) is 9.97 Å². The largest absolute Gasteiger partial charge is 0.369 e. The van der Waals surface area contributed by atoms with Gasteiger partial charge < -0.3 is 11.1 Å². The highest BCUT2D eigenvalue weighted by molar-refractivity contribution is 7.13. The van der Waals surface area contributed by atoms with E-state index in [1.165, 1.54) is 0 Å². The molecule has 3 N–H and O–H groups in total. The summed E-state index contributed by atoms with van der Waals surface area (Å²) < 4.78 is 0. The van der Waals surface area contributed by atoms with Gasteiger partial charge >= 0.3 is 0 Å². The second-order valence-corrected chi connectivity index (χ2v) is 6.82. The number of rotatable bonds is 5. The van der Waals surface area contributed by atoms with E-state index in [9.17, 15) is 4.79 Å². The molecule has 1 amide bonds. The zero-order valence-corrected chi connectivity index (χ0v) is 14.0. The third-order valence-corrected chi connectivity index (χ3v) is 4.75. The van der Waals surface area contributed by atoms with E-state index in [4.69, 9.17) is 5.73 Å². The Kier molecular flexibility index (Phi) is 4.88. The van der Waals surface area contributed by atoms with E-state index >= 15 is 0 Å². The van der Waals surface area contributed by atoms with E-state index in [1.54, 1.807) is 11.3 Å². The second kappa shape index (κ2) is 7.06. The van der Waals surface area contributed by atoms with Crippen molar-refractivity contribution in [2.75, 3.05) is 25.0 Å². The molecule has 1 aliphatic heterocycles. The van der Waals surface area contributed by atoms with Crippen molar-refractivity contribution >= 4 is 28.2 Å². The van der Waals surface area contributed by atoms with Crippen molar-refractivity contribution in [2.24, 2.45) is 5.73 Å². The first-order valence-corrected chi connectivity index (χ1v) is 8.64. The highest BCUT2D eigenvalue weighted by atomic mass is 32.1. The highest BCUT2D eigenvalue weighted by Gasteiger charge is 2.24. The van der Waals surface area contributed by atoms with E-state index in [1.807, 2.05) is 25.3 Å². The molecule has 0 bridgehead atoms. The molecule has 1 fully saturated rings. The summed E-state index contributed by atoms with van der Waals surface area (Å²) in [5.41, 5.74) is 7.51. The number of primary amides is 1. The van der Waals surface area contributed by atoms with Crippen molar-refractivity contribution in [1.82, 2.24) is 14.9 Å². The van der Waals surface area contributed by atoms with E-state index < -0.39 is 0 Å². The van der Waals surface area contributed by atoms with Crippen LogP contribution in [0, 0.1) is 6.92 Å². The van der Waals surface area contributed by atoms with Crippen molar-refractivity contribution in [2.45, 2.75) is 25.7 Å². The maximum absolute atomic E-state index is 11.1. The molecule has 0 aliphatic carbocycles. The molecule has 0 unspecified atom stereocenters. The molecule has 6 nitrogen and oxygen atoms in total. The van der Waals surface area contributed by atoms with Gasteiger partial charge in [0.05, 0.1) is 12.2 Å². The van der Waals surface area contributed by atoms with Crippen LogP contribution in [-0.4, -0.2) is 40.4 Å². The minimum absolute atomic E-state index is 0.267. The number of anilines is 2. The van der Waals surface area contributed by atoms with Gasteiger partial charge in [0, 0.05) is 24.0 Å². The first kappa shape index (κ1) is 15.9. The Hall–Kier alpha value is -1.99. The maximum Gasteiger partial charge on any atom is 0.231 e. The van der Waals surface area contributed by atoms with Crippen molar-refractivity contribution in [1.29, 1.82) is 0 Å². The second-order valence-electron chi connectivity index (χ2n) is 5.96. The molecule has 23 heavy (non-hydrogen) atoms. The third kappa shape index (κ3) is 4.27. The van der Waals surface area contributed by atoms with Crippen LogP contribution in [0.4, 0.5) is 10.9 Å². The summed E-state index contributed by atoms with van der Waals surface area (Å²) in [6.45, 7) is 4.12. The smallest absolute Gasteiger partial charge is 0.231 e. The van der Waals surface area contributed by atoms with Crippen LogP contribution in [0.2, 0.25) is 0 Å². The normalized spacial score (nSPS) is 18.7. The number of piperidine rings is 1. The Balaban J connectivity index is 1.64. The van der Waals surface area contributed by atoms with Crippen molar-refractivity contribution in [3.63, 3.8) is 0 Å². The summed E-state index contributed by atoms with van der Waals surface area (Å²) in [5.74, 6) is 0.896. The van der Waals surface area contributed by atoms with E-state index in [2.05, 4.69) is 25.6 Å². The lowest BCUT2D eigenvalue weighted by Crippen LogP contribution is -2.40. The van der Waals surface area contributed by atoms with Crippen LogP contribution >= 0.6 is 11.3 Å². The molecule has 122 valence electrons. The van der Waals surface area contributed by atoms with E-state index in [0.717, 1.165) is 48.1 Å². The van der Waals surface area contributed by atoms with Gasteiger partial charge in [0.2, 0.25) is 5.91 Å². The third-order valence-electron chi connectivity index (χ3n) is 3.97. The molecule has 0 saturated carbocycles. The Morgan fingerprint density at radius 3 is 3.13 bits per heavy atom. The molecule has 0 aromatic carbocycles. The fourth-order valence-electron chi connectivity index (χ4n) is 2.84. The number of amides is 1. The molecule has 1 saturated heterocycles. The van der Waals surface area contributed by atoms with Gasteiger partial charge in [-0.1, -0.05) is 6.07 Å². The minimum atomic E-state index is -0.267. The van der Waals surface area contributed by atoms with Gasteiger partial charge in [-0.05, 0) is 37.9 Å². The predicted molar refractivity (Wildman–Crippen MR) is 92.0 cm³/mol. The van der Waals surface area contributed by atoms with Crippen LogP contribution in [0.1, 0.15) is 30.0 Å². The van der Waals surface area contributed by atoms with Gasteiger partial charge in [0.25, 0.3) is 0 Å². The monoisotopic (exact) mass is 331 g/mol. The summed E-state index contributed by atoms with van der Waals surface area (Å²) in [7, 11) is 0. The first-order chi connectivity index (χ1) is 11.1. The molecule has 3 heterocycles. The molecular weight excluding hydrogens is 310 g/mol. The Bertz CT molecular complexity index is 669. The zero-order valence-electron chi connectivity index (χ0n) is 13.2. The van der Waals surface area contributed by atoms with Crippen LogP contribution in [0.25, 0.3) is 0 Å². The molecule has 3 rings (SSSR count). The number of hydrogen-bond acceptors (Lipinski definition) is 6. The number of pyridine rings is 1. The summed E-state index contributed by atoms with van der Waals surface area (Å²) in [5, 5.41) is 6.19. The Morgan fingerprint density at radius 1 is 1.52 bits per heavy atom. The van der Waals surface area contributed by atoms with Crippen LogP contribution in [0.5, 0.6) is 0 Å². The molecule has 0 radical (unpaired) electrons. The van der Waals surface area contributed by atoms with E-state index in [-0.39, 0.29) is 5.91 Å². The molecule has 0 spiro atoms. The van der Waals surface area contributed by atoms with Gasteiger partial charge in [-0.2, -0.15) is 0 Å². The molecule has 1 aliphatic rings. The first-order valence-electron chi connectivity index (χ1n) is 7.76. The molecule has 1 atom stereocenters. The Labute approximate surface area is 139 Å². The van der Waals surface area contributed by atoms with Crippen LogP contribution in [-0.2, 0) is 4.79 Å². The number of likely N-dealkylation sites (tertiary alicyclic amines) is 1. The summed E-state index contributed by atoms with van der Waals surface area (Å²) in [4.78, 5) is 22.2. The summed E-state index contributed by atoms with van der Waals surface area (Å²) >= 11 is 1.58. The average molecular weight is 331 g/mol. The lowest BCUT2D eigenvalue weighted by atomic mass is 9.95. The lowest BCUT2D eigenvalue weighted by Gasteiger charge is -2.30. The standard InChI is InChI=1S/C16H21N5OS/c1-11-4-5-15(18-7-11)20-16-19-13(10-23-16)12-3-2-6-21(8-12)9-14(17)22/h4-5,7,10,12H,2-3,6,8-9H2,1H3,(H2,17,22)(H,18,19,20)/t12-/m1/s1. The summed E-state index contributed by atoms with van der Waals surface area (Å²) in [6.07, 6.45) is 4.00. The van der Waals surface area contributed by atoms with Crippen LogP contribution in [0.15, 0.2) is 23.7 Å². The average Bonchev–Trinajstić information content (AvgIpc) is 2.98. The Morgan fingerprint density at radius 2 is 2.39 bits per heavy atom. The van der Waals surface area contributed by atoms with Gasteiger partial charge in [-0.15, -0.1) is 11.3 Å². The lowest BCUT2D eigenvalue weighted by molar-refractivity contribution is -0.119. The number of aromatic nitrogens is 2. The highest BCUT2D eigenvalue weighted by Crippen LogP contribution is 2.30. The quantitative estimate of drug-likeness (QED) is 0.878. The van der Waals surface area contributed by atoms with Gasteiger partial charge in [-0.3, -0.25) is 9.69 Å². The SMILES string of the molecule is Cc1ccc(Nc2nc([C@@H]3CCCN(CC(N)=O)C3)cs2)nc1. The van der Waals surface area contributed by atoms with Crippen molar-refractivity contribution < 1.29 is 4.79 Å².